The van der Waals surface area contributed by atoms with Crippen LogP contribution in [-0.2, 0) is 29.3 Å². The summed E-state index contributed by atoms with van der Waals surface area (Å²) in [5.74, 6) is -0.0174. The molecule has 0 aliphatic carbocycles. The predicted octanol–water partition coefficient (Wildman–Crippen LogP) is 2.58. The van der Waals surface area contributed by atoms with E-state index >= 15 is 0 Å². The molecule has 9 nitrogen and oxygen atoms in total. The van der Waals surface area contributed by atoms with Gasteiger partial charge in [0.15, 0.2) is 21.0 Å². The number of nitrogens with one attached hydrogen (secondary N) is 1. The number of rotatable bonds is 7. The Morgan fingerprint density at radius 3 is 2.56 bits per heavy atom. The molecule has 0 spiro atoms. The normalized spacial score (nSPS) is 12.0. The number of sulfone groups is 1. The van der Waals surface area contributed by atoms with E-state index in [0.717, 1.165) is 15.8 Å². The van der Waals surface area contributed by atoms with Gasteiger partial charge in [-0.3, -0.25) is 14.3 Å². The topological polar surface area (TPSA) is 120 Å². The number of hydrogen-bond acceptors (Lipinski definition) is 7. The van der Waals surface area contributed by atoms with E-state index < -0.39 is 21.1 Å². The van der Waals surface area contributed by atoms with Crippen LogP contribution >= 0.6 is 11.3 Å². The smallest absolute Gasteiger partial charge is 0.325 e. The molecular weight excluding hydrogens is 474 g/mol. The monoisotopic (exact) mass is 495 g/mol. The number of fused-ring (bicyclic) bond motifs is 2. The molecule has 0 aliphatic rings. The lowest BCUT2D eigenvalue weighted by molar-refractivity contribution is 0.595. The number of benzene rings is 2. The highest BCUT2D eigenvalue weighted by Gasteiger charge is 2.16. The first kappa shape index (κ1) is 22.2. The Morgan fingerprint density at radius 2 is 1.79 bits per heavy atom. The zero-order valence-electron chi connectivity index (χ0n) is 18.3. The van der Waals surface area contributed by atoms with Crippen LogP contribution in [0.2, 0.25) is 0 Å². The number of aryl methyl sites for hydroxylation is 2. The molecule has 0 saturated carbocycles. The summed E-state index contributed by atoms with van der Waals surface area (Å²) in [7, 11) is -3.45. The number of H-pyrrole nitrogens is 1. The van der Waals surface area contributed by atoms with Crippen LogP contribution in [0.15, 0.2) is 68.8 Å². The molecule has 5 rings (SSSR count). The van der Waals surface area contributed by atoms with E-state index in [9.17, 15) is 18.0 Å². The van der Waals surface area contributed by atoms with Crippen molar-refractivity contribution in [2.24, 2.45) is 0 Å². The Bertz CT molecular complexity index is 1730. The van der Waals surface area contributed by atoms with Gasteiger partial charge in [-0.05, 0) is 42.7 Å². The Hall–Kier alpha value is -3.57. The number of imidazole rings is 1. The molecule has 2 aromatic carbocycles. The summed E-state index contributed by atoms with van der Waals surface area (Å²) >= 11 is 1.47. The first-order valence-corrected chi connectivity index (χ1v) is 13.2. The molecule has 3 aromatic heterocycles. The van der Waals surface area contributed by atoms with Crippen molar-refractivity contribution in [3.63, 3.8) is 0 Å². The Kier molecular flexibility index (Phi) is 5.66. The third-order valence-corrected chi connectivity index (χ3v) is 8.30. The third kappa shape index (κ3) is 4.08. The molecule has 5 aromatic rings. The minimum absolute atomic E-state index is 0.0174. The van der Waals surface area contributed by atoms with Crippen LogP contribution in [0.4, 0.5) is 0 Å². The SMILES string of the molecule is CCn1cnc2c1c(=O)[nH]c(=O)n2Cc1ccc(CCS(=O)(=O)c2ccc3scnc3c2)cc1. The average molecular weight is 496 g/mol. The van der Waals surface area contributed by atoms with E-state index in [1.807, 2.05) is 31.2 Å². The molecule has 0 fully saturated rings. The maximum absolute atomic E-state index is 12.8. The summed E-state index contributed by atoms with van der Waals surface area (Å²) < 4.78 is 29.7. The van der Waals surface area contributed by atoms with E-state index in [1.54, 1.807) is 34.6 Å². The van der Waals surface area contributed by atoms with Crippen LogP contribution in [0, 0.1) is 0 Å². The van der Waals surface area contributed by atoms with Gasteiger partial charge >= 0.3 is 5.69 Å². The molecule has 0 atom stereocenters. The van der Waals surface area contributed by atoms with Crippen molar-refractivity contribution in [1.29, 1.82) is 0 Å². The van der Waals surface area contributed by atoms with Gasteiger partial charge in [0.25, 0.3) is 5.56 Å². The second-order valence-electron chi connectivity index (χ2n) is 7.92. The Labute approximate surface area is 198 Å². The summed E-state index contributed by atoms with van der Waals surface area (Å²) in [5.41, 5.74) is 3.81. The summed E-state index contributed by atoms with van der Waals surface area (Å²) in [6, 6.07) is 12.4. The third-order valence-electron chi connectivity index (χ3n) is 5.78. The van der Waals surface area contributed by atoms with Gasteiger partial charge in [0.05, 0.1) is 39.2 Å². The first-order chi connectivity index (χ1) is 16.4. The Balaban J connectivity index is 1.33. The minimum atomic E-state index is -3.45. The van der Waals surface area contributed by atoms with Gasteiger partial charge in [0.1, 0.15) is 0 Å². The van der Waals surface area contributed by atoms with Gasteiger partial charge in [-0.15, -0.1) is 11.3 Å². The van der Waals surface area contributed by atoms with E-state index in [1.165, 1.54) is 15.9 Å². The van der Waals surface area contributed by atoms with E-state index in [0.29, 0.717) is 29.6 Å². The predicted molar refractivity (Wildman–Crippen MR) is 131 cm³/mol. The fraction of sp³-hybridized carbons (Fsp3) is 0.217. The number of aromatic amines is 1. The molecule has 34 heavy (non-hydrogen) atoms. The minimum Gasteiger partial charge on any atom is -0.325 e. The lowest BCUT2D eigenvalue weighted by atomic mass is 10.1. The van der Waals surface area contributed by atoms with E-state index in [-0.39, 0.29) is 17.2 Å². The molecule has 174 valence electrons. The van der Waals surface area contributed by atoms with Gasteiger partial charge < -0.3 is 4.57 Å². The van der Waals surface area contributed by atoms with Gasteiger partial charge in [-0.2, -0.15) is 0 Å². The Morgan fingerprint density at radius 1 is 1.03 bits per heavy atom. The van der Waals surface area contributed by atoms with Crippen molar-refractivity contribution in [3.8, 4) is 0 Å². The average Bonchev–Trinajstić information content (AvgIpc) is 3.48. The summed E-state index contributed by atoms with van der Waals surface area (Å²) in [6.45, 7) is 2.69. The van der Waals surface area contributed by atoms with Gasteiger partial charge in [0, 0.05) is 6.54 Å². The first-order valence-electron chi connectivity index (χ1n) is 10.7. The lowest BCUT2D eigenvalue weighted by Gasteiger charge is -2.09. The largest absolute Gasteiger partial charge is 0.330 e. The maximum atomic E-state index is 12.8. The van der Waals surface area contributed by atoms with Crippen molar-refractivity contribution < 1.29 is 8.42 Å². The molecule has 0 radical (unpaired) electrons. The molecule has 0 amide bonds. The van der Waals surface area contributed by atoms with Crippen LogP contribution in [0.3, 0.4) is 0 Å². The van der Waals surface area contributed by atoms with Gasteiger partial charge in [-0.1, -0.05) is 24.3 Å². The number of hydrogen-bond donors (Lipinski definition) is 1. The van der Waals surface area contributed by atoms with Crippen molar-refractivity contribution >= 4 is 42.6 Å². The second-order valence-corrected chi connectivity index (χ2v) is 10.9. The van der Waals surface area contributed by atoms with Crippen molar-refractivity contribution in [3.05, 3.63) is 86.3 Å². The van der Waals surface area contributed by atoms with Crippen LogP contribution in [-0.4, -0.2) is 38.3 Å². The van der Waals surface area contributed by atoms with Crippen molar-refractivity contribution in [2.45, 2.75) is 31.3 Å². The molecule has 0 aliphatic heterocycles. The standard InChI is InChI=1S/C23H21N5O4S2/c1-2-27-13-24-21-20(27)22(29)26-23(30)28(21)12-16-5-3-15(4-6-16)9-10-34(31,32)17-7-8-19-18(11-17)25-14-33-19/h3-8,11,13-14H,2,9-10,12H2,1H3,(H,26,29,30). The number of thiazole rings is 1. The number of nitrogens with zero attached hydrogens (tertiary/aromatic N) is 4. The van der Waals surface area contributed by atoms with Crippen LogP contribution in [0.1, 0.15) is 18.1 Å². The highest BCUT2D eigenvalue weighted by Crippen LogP contribution is 2.22. The molecule has 0 unspecified atom stereocenters. The van der Waals surface area contributed by atoms with Crippen LogP contribution < -0.4 is 11.2 Å². The summed E-state index contributed by atoms with van der Waals surface area (Å²) in [5, 5.41) is 0. The summed E-state index contributed by atoms with van der Waals surface area (Å²) in [4.78, 5) is 35.7. The van der Waals surface area contributed by atoms with Gasteiger partial charge in [-0.25, -0.2) is 23.2 Å². The maximum Gasteiger partial charge on any atom is 0.330 e. The number of aromatic nitrogens is 5. The highest BCUT2D eigenvalue weighted by molar-refractivity contribution is 7.91. The molecule has 3 heterocycles. The van der Waals surface area contributed by atoms with E-state index in [2.05, 4.69) is 15.0 Å². The fourth-order valence-corrected chi connectivity index (χ4v) is 5.87. The molecule has 0 bridgehead atoms. The van der Waals surface area contributed by atoms with Crippen molar-refractivity contribution in [1.82, 2.24) is 24.1 Å². The zero-order chi connectivity index (χ0) is 23.9. The molecule has 0 saturated heterocycles. The quantitative estimate of drug-likeness (QED) is 0.371. The molecular formula is C23H21N5O4S2. The second kappa shape index (κ2) is 8.65. The van der Waals surface area contributed by atoms with Crippen molar-refractivity contribution in [2.75, 3.05) is 5.75 Å². The fourth-order valence-electron chi connectivity index (χ4n) is 3.90. The molecule has 11 heteroatoms. The highest BCUT2D eigenvalue weighted by atomic mass is 32.2. The van der Waals surface area contributed by atoms with Crippen LogP contribution in [0.5, 0.6) is 0 Å². The summed E-state index contributed by atoms with van der Waals surface area (Å²) in [6.07, 6.45) is 1.91. The van der Waals surface area contributed by atoms with Crippen LogP contribution in [0.25, 0.3) is 21.4 Å². The lowest BCUT2D eigenvalue weighted by Crippen LogP contribution is -2.31. The molecule has 1 N–H and O–H groups in total. The van der Waals surface area contributed by atoms with E-state index in [4.69, 9.17) is 0 Å². The van der Waals surface area contributed by atoms with Gasteiger partial charge in [0.2, 0.25) is 0 Å². The zero-order valence-corrected chi connectivity index (χ0v) is 19.9.